The summed E-state index contributed by atoms with van der Waals surface area (Å²) in [7, 11) is 1.62. The Bertz CT molecular complexity index is 1310. The molecule has 2 N–H and O–H groups in total. The number of aromatic nitrogens is 3. The number of aryl methyl sites for hydroxylation is 2. The first kappa shape index (κ1) is 22.7. The SMILES string of the molecule is COc1ccc(-c2ccc(CCC(=O)O)n2-c2ccc(C(=O)Nc3cncnc3)cc2C)cc1. The van der Waals surface area contributed by atoms with Gasteiger partial charge in [-0.15, -0.1) is 0 Å². The van der Waals surface area contributed by atoms with Crippen molar-refractivity contribution in [1.82, 2.24) is 14.5 Å². The topological polar surface area (TPSA) is 106 Å². The maximum atomic E-state index is 12.7. The molecule has 0 radical (unpaired) electrons. The minimum absolute atomic E-state index is 0.0186. The van der Waals surface area contributed by atoms with Gasteiger partial charge in [0, 0.05) is 16.9 Å². The van der Waals surface area contributed by atoms with Crippen molar-refractivity contribution < 1.29 is 19.4 Å². The molecule has 0 unspecified atom stereocenters. The molecule has 2 aromatic heterocycles. The van der Waals surface area contributed by atoms with Crippen LogP contribution in [0.2, 0.25) is 0 Å². The second-order valence-electron chi connectivity index (χ2n) is 7.75. The van der Waals surface area contributed by atoms with Crippen LogP contribution in [0.25, 0.3) is 16.9 Å². The molecule has 1 amide bonds. The van der Waals surface area contributed by atoms with Crippen LogP contribution in [0.5, 0.6) is 5.75 Å². The van der Waals surface area contributed by atoms with Crippen molar-refractivity contribution in [1.29, 1.82) is 0 Å². The monoisotopic (exact) mass is 456 g/mol. The predicted octanol–water partition coefficient (Wildman–Crippen LogP) is 4.52. The van der Waals surface area contributed by atoms with Gasteiger partial charge in [-0.3, -0.25) is 9.59 Å². The number of hydrogen-bond donors (Lipinski definition) is 2. The molecule has 2 aromatic carbocycles. The molecule has 0 spiro atoms. The van der Waals surface area contributed by atoms with Crippen LogP contribution in [0.1, 0.15) is 28.0 Å². The number of nitrogens with zero attached hydrogens (tertiary/aromatic N) is 3. The summed E-state index contributed by atoms with van der Waals surface area (Å²) in [6, 6.07) is 17.1. The van der Waals surface area contributed by atoms with Crippen LogP contribution in [0.4, 0.5) is 5.69 Å². The van der Waals surface area contributed by atoms with Crippen molar-refractivity contribution in [2.75, 3.05) is 12.4 Å². The first-order valence-electron chi connectivity index (χ1n) is 10.7. The van der Waals surface area contributed by atoms with E-state index in [-0.39, 0.29) is 12.3 Å². The lowest BCUT2D eigenvalue weighted by Crippen LogP contribution is -2.13. The van der Waals surface area contributed by atoms with E-state index in [2.05, 4.69) is 15.3 Å². The van der Waals surface area contributed by atoms with Crippen LogP contribution in [0.3, 0.4) is 0 Å². The van der Waals surface area contributed by atoms with E-state index in [9.17, 15) is 14.7 Å². The number of amides is 1. The first-order chi connectivity index (χ1) is 16.5. The Hall–Kier alpha value is -4.46. The lowest BCUT2D eigenvalue weighted by atomic mass is 10.1. The third-order valence-corrected chi connectivity index (χ3v) is 5.46. The largest absolute Gasteiger partial charge is 0.497 e. The molecule has 0 aliphatic carbocycles. The van der Waals surface area contributed by atoms with Gasteiger partial charge < -0.3 is 19.7 Å². The number of rotatable bonds is 8. The minimum Gasteiger partial charge on any atom is -0.497 e. The van der Waals surface area contributed by atoms with Gasteiger partial charge in [-0.05, 0) is 79.1 Å². The molecule has 2 heterocycles. The fourth-order valence-corrected chi connectivity index (χ4v) is 3.80. The molecular weight excluding hydrogens is 432 g/mol. The number of nitrogens with one attached hydrogen (secondary N) is 1. The van der Waals surface area contributed by atoms with Crippen LogP contribution in [0, 0.1) is 6.92 Å². The number of methoxy groups -OCH3 is 1. The van der Waals surface area contributed by atoms with Crippen LogP contribution >= 0.6 is 0 Å². The van der Waals surface area contributed by atoms with E-state index in [1.165, 1.54) is 18.7 Å². The van der Waals surface area contributed by atoms with Crippen molar-refractivity contribution in [2.45, 2.75) is 19.8 Å². The van der Waals surface area contributed by atoms with Crippen molar-refractivity contribution in [3.8, 4) is 22.7 Å². The number of carbonyl (C=O) groups excluding carboxylic acids is 1. The van der Waals surface area contributed by atoms with E-state index in [1.807, 2.05) is 60.0 Å². The Labute approximate surface area is 196 Å². The molecule has 0 saturated carbocycles. The van der Waals surface area contributed by atoms with Gasteiger partial charge in [0.15, 0.2) is 0 Å². The van der Waals surface area contributed by atoms with Crippen LogP contribution in [0.15, 0.2) is 73.3 Å². The Balaban J connectivity index is 1.71. The number of anilines is 1. The molecule has 0 aliphatic heterocycles. The van der Waals surface area contributed by atoms with E-state index >= 15 is 0 Å². The number of benzene rings is 2. The van der Waals surface area contributed by atoms with Gasteiger partial charge >= 0.3 is 5.97 Å². The number of carboxylic acids is 1. The van der Waals surface area contributed by atoms with Gasteiger partial charge in [-0.2, -0.15) is 0 Å². The quantitative estimate of drug-likeness (QED) is 0.404. The van der Waals surface area contributed by atoms with E-state index in [0.29, 0.717) is 17.7 Å². The smallest absolute Gasteiger partial charge is 0.303 e. The second kappa shape index (κ2) is 9.99. The highest BCUT2D eigenvalue weighted by molar-refractivity contribution is 6.04. The van der Waals surface area contributed by atoms with Gasteiger partial charge in [0.25, 0.3) is 5.91 Å². The van der Waals surface area contributed by atoms with Gasteiger partial charge in [0.2, 0.25) is 0 Å². The highest BCUT2D eigenvalue weighted by Crippen LogP contribution is 2.30. The van der Waals surface area contributed by atoms with Crippen LogP contribution in [-0.4, -0.2) is 38.6 Å². The van der Waals surface area contributed by atoms with Gasteiger partial charge in [-0.25, -0.2) is 9.97 Å². The lowest BCUT2D eigenvalue weighted by Gasteiger charge is -2.17. The van der Waals surface area contributed by atoms with Crippen molar-refractivity contribution in [3.05, 3.63) is 90.1 Å². The average molecular weight is 457 g/mol. The molecule has 0 fully saturated rings. The van der Waals surface area contributed by atoms with E-state index < -0.39 is 5.97 Å². The molecule has 0 atom stereocenters. The molecule has 0 bridgehead atoms. The molecule has 8 nitrogen and oxygen atoms in total. The third-order valence-electron chi connectivity index (χ3n) is 5.46. The average Bonchev–Trinajstić information content (AvgIpc) is 3.27. The maximum Gasteiger partial charge on any atom is 0.303 e. The van der Waals surface area contributed by atoms with E-state index in [0.717, 1.165) is 34.0 Å². The van der Waals surface area contributed by atoms with Crippen molar-refractivity contribution >= 4 is 17.6 Å². The van der Waals surface area contributed by atoms with Crippen LogP contribution in [-0.2, 0) is 11.2 Å². The summed E-state index contributed by atoms with van der Waals surface area (Å²) in [4.78, 5) is 31.7. The Morgan fingerprint density at radius 1 is 1.03 bits per heavy atom. The van der Waals surface area contributed by atoms with Gasteiger partial charge in [0.1, 0.15) is 12.1 Å². The zero-order chi connectivity index (χ0) is 24.1. The maximum absolute atomic E-state index is 12.7. The Morgan fingerprint density at radius 3 is 2.41 bits per heavy atom. The Morgan fingerprint density at radius 2 is 1.76 bits per heavy atom. The highest BCUT2D eigenvalue weighted by Gasteiger charge is 2.16. The van der Waals surface area contributed by atoms with Gasteiger partial charge in [-0.1, -0.05) is 0 Å². The summed E-state index contributed by atoms with van der Waals surface area (Å²) in [6.07, 6.45) is 4.85. The predicted molar refractivity (Wildman–Crippen MR) is 128 cm³/mol. The third kappa shape index (κ3) is 4.96. The number of aliphatic carboxylic acids is 1. The molecule has 0 aliphatic rings. The van der Waals surface area contributed by atoms with E-state index in [4.69, 9.17) is 4.74 Å². The minimum atomic E-state index is -0.854. The molecule has 4 rings (SSSR count). The number of ether oxygens (including phenoxy) is 1. The summed E-state index contributed by atoms with van der Waals surface area (Å²) in [6.45, 7) is 1.93. The fraction of sp³-hybridized carbons (Fsp3) is 0.154. The summed E-state index contributed by atoms with van der Waals surface area (Å²) in [5, 5.41) is 12.0. The summed E-state index contributed by atoms with van der Waals surface area (Å²) in [5.74, 6) is -0.367. The van der Waals surface area contributed by atoms with E-state index in [1.54, 1.807) is 13.2 Å². The zero-order valence-electron chi connectivity index (χ0n) is 18.9. The second-order valence-corrected chi connectivity index (χ2v) is 7.75. The van der Waals surface area contributed by atoms with Gasteiger partial charge in [0.05, 0.1) is 37.3 Å². The van der Waals surface area contributed by atoms with Crippen LogP contribution < -0.4 is 10.1 Å². The fourth-order valence-electron chi connectivity index (χ4n) is 3.80. The number of hydrogen-bond acceptors (Lipinski definition) is 5. The number of carboxylic acid groups (broad SMARTS) is 1. The number of carbonyl (C=O) groups is 2. The normalized spacial score (nSPS) is 10.6. The molecule has 4 aromatic rings. The summed E-state index contributed by atoms with van der Waals surface area (Å²) >= 11 is 0. The van der Waals surface area contributed by atoms with Crippen molar-refractivity contribution in [3.63, 3.8) is 0 Å². The summed E-state index contributed by atoms with van der Waals surface area (Å²) in [5.41, 5.74) is 5.51. The Kier molecular flexibility index (Phi) is 6.68. The molecule has 0 saturated heterocycles. The highest BCUT2D eigenvalue weighted by atomic mass is 16.5. The molecule has 34 heavy (non-hydrogen) atoms. The standard InChI is InChI=1S/C26H24N4O4/c1-17-13-19(26(33)29-20-14-27-16-28-15-20)5-10-23(17)30-21(7-12-25(31)32)6-11-24(30)18-3-8-22(34-2)9-4-18/h3-6,8-11,13-16H,7,12H2,1-2H3,(H,29,33)(H,31,32). The summed E-state index contributed by atoms with van der Waals surface area (Å²) < 4.78 is 7.32. The molecular formula is C26H24N4O4. The first-order valence-corrected chi connectivity index (χ1v) is 10.7. The molecule has 8 heteroatoms. The lowest BCUT2D eigenvalue weighted by molar-refractivity contribution is -0.136. The zero-order valence-corrected chi connectivity index (χ0v) is 18.9. The molecule has 172 valence electrons. The van der Waals surface area contributed by atoms with Crippen molar-refractivity contribution in [2.24, 2.45) is 0 Å².